The molecule has 0 fully saturated rings. The Bertz CT molecular complexity index is 531. The van der Waals surface area contributed by atoms with Crippen LogP contribution in [0.2, 0.25) is 0 Å². The lowest BCUT2D eigenvalue weighted by atomic mass is 10.2. The second-order valence-corrected chi connectivity index (χ2v) is 4.03. The molecule has 6 heteroatoms. The standard InChI is InChI=1S/C11H16N6/c1-7-4-14-11(12)15-10(7)13-5-9-6-17(3)16-8(9)2/h4,6H,5H2,1-3H3,(H3,12,13,14,15). The van der Waals surface area contributed by atoms with E-state index in [-0.39, 0.29) is 5.95 Å². The van der Waals surface area contributed by atoms with Crippen LogP contribution in [0.4, 0.5) is 11.8 Å². The van der Waals surface area contributed by atoms with Crippen LogP contribution in [0.15, 0.2) is 12.4 Å². The highest BCUT2D eigenvalue weighted by molar-refractivity contribution is 5.45. The molecule has 3 N–H and O–H groups in total. The van der Waals surface area contributed by atoms with Crippen LogP contribution >= 0.6 is 0 Å². The van der Waals surface area contributed by atoms with Gasteiger partial charge in [-0.05, 0) is 13.8 Å². The Morgan fingerprint density at radius 2 is 2.18 bits per heavy atom. The van der Waals surface area contributed by atoms with Crippen LogP contribution in [0.5, 0.6) is 0 Å². The predicted molar refractivity (Wildman–Crippen MR) is 66.5 cm³/mol. The number of nitrogens with one attached hydrogen (secondary N) is 1. The second kappa shape index (κ2) is 4.40. The van der Waals surface area contributed by atoms with E-state index in [1.54, 1.807) is 10.9 Å². The molecule has 0 aromatic carbocycles. The SMILES string of the molecule is Cc1cnc(N)nc1NCc1cn(C)nc1C. The number of hydrogen-bond acceptors (Lipinski definition) is 5. The minimum Gasteiger partial charge on any atom is -0.368 e. The molecule has 0 aliphatic rings. The Labute approximate surface area is 99.9 Å². The van der Waals surface area contributed by atoms with Gasteiger partial charge in [-0.2, -0.15) is 10.1 Å². The third kappa shape index (κ3) is 2.52. The third-order valence-corrected chi connectivity index (χ3v) is 2.55. The summed E-state index contributed by atoms with van der Waals surface area (Å²) in [6, 6.07) is 0. The van der Waals surface area contributed by atoms with Crippen molar-refractivity contribution in [3.63, 3.8) is 0 Å². The monoisotopic (exact) mass is 232 g/mol. The van der Waals surface area contributed by atoms with Gasteiger partial charge in [0.1, 0.15) is 5.82 Å². The normalized spacial score (nSPS) is 10.5. The maximum Gasteiger partial charge on any atom is 0.221 e. The van der Waals surface area contributed by atoms with Gasteiger partial charge in [-0.3, -0.25) is 4.68 Å². The summed E-state index contributed by atoms with van der Waals surface area (Å²) in [7, 11) is 1.91. The summed E-state index contributed by atoms with van der Waals surface area (Å²) in [4.78, 5) is 8.08. The van der Waals surface area contributed by atoms with Crippen LogP contribution in [0, 0.1) is 13.8 Å². The molecule has 0 amide bonds. The number of nitrogens with two attached hydrogens (primary N) is 1. The summed E-state index contributed by atoms with van der Waals surface area (Å²) in [6.07, 6.45) is 3.70. The topological polar surface area (TPSA) is 81.6 Å². The van der Waals surface area contributed by atoms with Gasteiger partial charge in [0, 0.05) is 37.1 Å². The van der Waals surface area contributed by atoms with Crippen molar-refractivity contribution in [2.24, 2.45) is 7.05 Å². The largest absolute Gasteiger partial charge is 0.368 e. The summed E-state index contributed by atoms with van der Waals surface area (Å²) < 4.78 is 1.80. The molecule has 0 saturated heterocycles. The molecule has 2 heterocycles. The molecule has 0 unspecified atom stereocenters. The van der Waals surface area contributed by atoms with E-state index >= 15 is 0 Å². The zero-order valence-electron chi connectivity index (χ0n) is 10.2. The van der Waals surface area contributed by atoms with Crippen molar-refractivity contribution in [3.05, 3.63) is 29.2 Å². The number of aryl methyl sites for hydroxylation is 3. The number of anilines is 2. The van der Waals surface area contributed by atoms with Crippen molar-refractivity contribution in [2.75, 3.05) is 11.1 Å². The van der Waals surface area contributed by atoms with E-state index < -0.39 is 0 Å². The average Bonchev–Trinajstić information content (AvgIpc) is 2.59. The number of nitrogen functional groups attached to an aromatic ring is 1. The minimum absolute atomic E-state index is 0.279. The van der Waals surface area contributed by atoms with E-state index in [1.807, 2.05) is 27.1 Å². The zero-order valence-corrected chi connectivity index (χ0v) is 10.2. The van der Waals surface area contributed by atoms with Crippen LogP contribution in [-0.4, -0.2) is 19.7 Å². The van der Waals surface area contributed by atoms with Gasteiger partial charge >= 0.3 is 0 Å². The molecule has 17 heavy (non-hydrogen) atoms. The first kappa shape index (κ1) is 11.4. The van der Waals surface area contributed by atoms with Crippen LogP contribution in [0.1, 0.15) is 16.8 Å². The van der Waals surface area contributed by atoms with E-state index in [4.69, 9.17) is 5.73 Å². The van der Waals surface area contributed by atoms with E-state index in [1.165, 1.54) is 0 Å². The fourth-order valence-electron chi connectivity index (χ4n) is 1.64. The van der Waals surface area contributed by atoms with Gasteiger partial charge in [-0.1, -0.05) is 0 Å². The maximum atomic E-state index is 5.55. The van der Waals surface area contributed by atoms with Gasteiger partial charge < -0.3 is 11.1 Å². The molecule has 2 aromatic heterocycles. The highest BCUT2D eigenvalue weighted by Gasteiger charge is 2.05. The van der Waals surface area contributed by atoms with Crippen molar-refractivity contribution in [3.8, 4) is 0 Å². The van der Waals surface area contributed by atoms with Gasteiger partial charge in [0.05, 0.1) is 5.69 Å². The average molecular weight is 232 g/mol. The number of rotatable bonds is 3. The summed E-state index contributed by atoms with van der Waals surface area (Å²) in [5.74, 6) is 1.04. The molecule has 6 nitrogen and oxygen atoms in total. The molecule has 0 radical (unpaired) electrons. The van der Waals surface area contributed by atoms with E-state index in [2.05, 4.69) is 20.4 Å². The van der Waals surface area contributed by atoms with Gasteiger partial charge in [0.25, 0.3) is 0 Å². The maximum absolute atomic E-state index is 5.55. The third-order valence-electron chi connectivity index (χ3n) is 2.55. The number of aromatic nitrogens is 4. The lowest BCUT2D eigenvalue weighted by molar-refractivity contribution is 0.756. The lowest BCUT2D eigenvalue weighted by Crippen LogP contribution is -2.06. The molecule has 2 aromatic rings. The fourth-order valence-corrected chi connectivity index (χ4v) is 1.64. The van der Waals surface area contributed by atoms with Crippen LogP contribution in [0.25, 0.3) is 0 Å². The molecule has 0 aliphatic carbocycles. The molecule has 90 valence electrons. The van der Waals surface area contributed by atoms with Crippen molar-refractivity contribution >= 4 is 11.8 Å². The summed E-state index contributed by atoms with van der Waals surface area (Å²) in [5.41, 5.74) is 8.68. The van der Waals surface area contributed by atoms with Crippen LogP contribution < -0.4 is 11.1 Å². The first-order chi connectivity index (χ1) is 8.06. The first-order valence-electron chi connectivity index (χ1n) is 5.38. The molecule has 0 saturated carbocycles. The molecule has 2 rings (SSSR count). The zero-order chi connectivity index (χ0) is 12.4. The van der Waals surface area contributed by atoms with Crippen molar-refractivity contribution in [1.82, 2.24) is 19.7 Å². The first-order valence-corrected chi connectivity index (χ1v) is 5.38. The molecule has 0 bridgehead atoms. The summed E-state index contributed by atoms with van der Waals surface area (Å²) in [5, 5.41) is 7.52. The Morgan fingerprint density at radius 3 is 2.82 bits per heavy atom. The Balaban J connectivity index is 2.12. The van der Waals surface area contributed by atoms with E-state index in [9.17, 15) is 0 Å². The molecular formula is C11H16N6. The van der Waals surface area contributed by atoms with Crippen molar-refractivity contribution in [1.29, 1.82) is 0 Å². The summed E-state index contributed by atoms with van der Waals surface area (Å²) in [6.45, 7) is 4.60. The van der Waals surface area contributed by atoms with Crippen LogP contribution in [0.3, 0.4) is 0 Å². The quantitative estimate of drug-likeness (QED) is 0.825. The smallest absolute Gasteiger partial charge is 0.221 e. The molecule has 0 aliphatic heterocycles. The van der Waals surface area contributed by atoms with Gasteiger partial charge in [-0.15, -0.1) is 0 Å². The molecule has 0 atom stereocenters. The highest BCUT2D eigenvalue weighted by Crippen LogP contribution is 2.13. The van der Waals surface area contributed by atoms with E-state index in [0.29, 0.717) is 6.54 Å². The summed E-state index contributed by atoms with van der Waals surface area (Å²) >= 11 is 0. The Hall–Kier alpha value is -2.11. The Kier molecular flexibility index (Phi) is 2.95. The molecule has 0 spiro atoms. The number of hydrogen-bond donors (Lipinski definition) is 2. The fraction of sp³-hybridized carbons (Fsp3) is 0.364. The van der Waals surface area contributed by atoms with Crippen molar-refractivity contribution in [2.45, 2.75) is 20.4 Å². The second-order valence-electron chi connectivity index (χ2n) is 4.03. The van der Waals surface area contributed by atoms with Gasteiger partial charge in [0.2, 0.25) is 5.95 Å². The Morgan fingerprint density at radius 1 is 1.41 bits per heavy atom. The predicted octanol–water partition coefficient (Wildman–Crippen LogP) is 1.02. The number of nitrogens with zero attached hydrogens (tertiary/aromatic N) is 4. The molecular weight excluding hydrogens is 216 g/mol. The van der Waals surface area contributed by atoms with Gasteiger partial charge in [-0.25, -0.2) is 4.98 Å². The lowest BCUT2D eigenvalue weighted by Gasteiger charge is -2.07. The highest BCUT2D eigenvalue weighted by atomic mass is 15.3. The van der Waals surface area contributed by atoms with Crippen LogP contribution in [-0.2, 0) is 13.6 Å². The van der Waals surface area contributed by atoms with Gasteiger partial charge in [0.15, 0.2) is 0 Å². The minimum atomic E-state index is 0.279. The van der Waals surface area contributed by atoms with Crippen molar-refractivity contribution < 1.29 is 0 Å². The van der Waals surface area contributed by atoms with E-state index in [0.717, 1.165) is 22.6 Å².